The van der Waals surface area contributed by atoms with Crippen molar-refractivity contribution in [1.82, 2.24) is 0 Å². The number of hydrazone groups is 1. The minimum Gasteiger partial charge on any atom is -0.277 e. The largest absolute Gasteiger partial charge is 0.277 e. The lowest BCUT2D eigenvalue weighted by Crippen LogP contribution is -2.16. The van der Waals surface area contributed by atoms with Crippen LogP contribution < -0.4 is 5.43 Å². The Hall–Kier alpha value is -2.72. The van der Waals surface area contributed by atoms with Gasteiger partial charge in [0.25, 0.3) is 5.04 Å². The fraction of sp³-hybridized carbons (Fsp3) is 0.125. The van der Waals surface area contributed by atoms with E-state index in [1.165, 1.54) is 18.2 Å². The van der Waals surface area contributed by atoms with Gasteiger partial charge in [0.05, 0.1) is 5.69 Å². The Kier molecular flexibility index (Phi) is 4.77. The van der Waals surface area contributed by atoms with Crippen molar-refractivity contribution in [1.29, 1.82) is 5.26 Å². The lowest BCUT2D eigenvalue weighted by Gasteiger charge is -2.06. The molecule has 0 bridgehead atoms. The van der Waals surface area contributed by atoms with Gasteiger partial charge in [-0.15, -0.1) is 0 Å². The molecule has 0 atom stereocenters. The van der Waals surface area contributed by atoms with Crippen LogP contribution in [0, 0.1) is 31.0 Å². The number of anilines is 1. The van der Waals surface area contributed by atoms with Crippen LogP contribution >= 0.6 is 0 Å². The van der Waals surface area contributed by atoms with E-state index in [2.05, 4.69) is 10.5 Å². The van der Waals surface area contributed by atoms with Crippen molar-refractivity contribution in [3.8, 4) is 6.07 Å². The molecule has 0 heterocycles. The first-order valence-corrected chi connectivity index (χ1v) is 8.14. The Morgan fingerprint density at radius 3 is 2.35 bits per heavy atom. The molecule has 0 amide bonds. The molecule has 0 radical (unpaired) electrons. The lowest BCUT2D eigenvalue weighted by atomic mass is 10.2. The Morgan fingerprint density at radius 2 is 1.74 bits per heavy atom. The molecule has 0 saturated carbocycles. The molecule has 5 nitrogen and oxygen atoms in total. The van der Waals surface area contributed by atoms with Crippen LogP contribution in [0.4, 0.5) is 10.1 Å². The van der Waals surface area contributed by atoms with E-state index in [0.29, 0.717) is 11.3 Å². The van der Waals surface area contributed by atoms with Gasteiger partial charge in [-0.25, -0.2) is 12.8 Å². The van der Waals surface area contributed by atoms with Gasteiger partial charge in [-0.1, -0.05) is 23.8 Å². The molecule has 1 N–H and O–H groups in total. The molecule has 7 heteroatoms. The number of sulfone groups is 1. The SMILES string of the molecule is Cc1ccc(N/N=C(\C#N)S(=O)(=O)c2cc(C)ccc2F)cc1. The standard InChI is InChI=1S/C16H14FN3O2S/c1-11-3-6-13(7-4-11)19-20-16(10-18)23(21,22)15-9-12(2)5-8-14(15)17/h3-9,19H,1-2H3/b20-16+. The summed E-state index contributed by atoms with van der Waals surface area (Å²) in [5.41, 5.74) is 4.60. The maximum absolute atomic E-state index is 13.8. The molecule has 0 aromatic heterocycles. The van der Waals surface area contributed by atoms with Gasteiger partial charge < -0.3 is 0 Å². The van der Waals surface area contributed by atoms with E-state index in [0.717, 1.165) is 11.6 Å². The van der Waals surface area contributed by atoms with Gasteiger partial charge in [0.2, 0.25) is 9.84 Å². The van der Waals surface area contributed by atoms with Crippen molar-refractivity contribution in [2.45, 2.75) is 18.7 Å². The quantitative estimate of drug-likeness (QED) is 0.532. The van der Waals surface area contributed by atoms with Gasteiger partial charge >= 0.3 is 0 Å². The Labute approximate surface area is 134 Å². The lowest BCUT2D eigenvalue weighted by molar-refractivity contribution is 0.573. The van der Waals surface area contributed by atoms with Gasteiger partial charge in [-0.05, 0) is 43.7 Å². The second-order valence-electron chi connectivity index (χ2n) is 4.94. The van der Waals surface area contributed by atoms with E-state index in [9.17, 15) is 12.8 Å². The first kappa shape index (κ1) is 16.6. The number of benzene rings is 2. The van der Waals surface area contributed by atoms with E-state index in [4.69, 9.17) is 5.26 Å². The molecule has 0 unspecified atom stereocenters. The van der Waals surface area contributed by atoms with Crippen molar-refractivity contribution < 1.29 is 12.8 Å². The average molecular weight is 331 g/mol. The van der Waals surface area contributed by atoms with Crippen LogP contribution in [0.3, 0.4) is 0 Å². The highest BCUT2D eigenvalue weighted by Crippen LogP contribution is 2.19. The highest BCUT2D eigenvalue weighted by atomic mass is 32.2. The van der Waals surface area contributed by atoms with E-state index in [1.54, 1.807) is 31.2 Å². The predicted molar refractivity (Wildman–Crippen MR) is 86.2 cm³/mol. The summed E-state index contributed by atoms with van der Waals surface area (Å²) in [5.74, 6) is -0.922. The normalized spacial score (nSPS) is 11.8. The summed E-state index contributed by atoms with van der Waals surface area (Å²) in [6.07, 6.45) is 0. The summed E-state index contributed by atoms with van der Waals surface area (Å²) in [4.78, 5) is -0.566. The average Bonchev–Trinajstić information content (AvgIpc) is 2.51. The van der Waals surface area contributed by atoms with Crippen LogP contribution in [0.5, 0.6) is 0 Å². The van der Waals surface area contributed by atoms with Gasteiger partial charge in [-0.3, -0.25) is 5.43 Å². The number of nitrogens with zero attached hydrogens (tertiary/aromatic N) is 2. The minimum absolute atomic E-state index is 0.517. The Bertz CT molecular complexity index is 898. The molecule has 118 valence electrons. The second kappa shape index (κ2) is 6.58. The van der Waals surface area contributed by atoms with Crippen LogP contribution in [-0.4, -0.2) is 13.5 Å². The molecule has 0 fully saturated rings. The van der Waals surface area contributed by atoms with Crippen LogP contribution in [-0.2, 0) is 9.84 Å². The van der Waals surface area contributed by atoms with Gasteiger partial charge in [0, 0.05) is 0 Å². The minimum atomic E-state index is -4.33. The van der Waals surface area contributed by atoms with Crippen molar-refractivity contribution in [3.63, 3.8) is 0 Å². The van der Waals surface area contributed by atoms with Crippen molar-refractivity contribution in [2.75, 3.05) is 5.43 Å². The third kappa shape index (κ3) is 3.73. The molecule has 2 rings (SSSR count). The number of nitrogens with one attached hydrogen (secondary N) is 1. The molecule has 0 saturated heterocycles. The van der Waals surface area contributed by atoms with E-state index >= 15 is 0 Å². The van der Waals surface area contributed by atoms with Crippen LogP contribution in [0.1, 0.15) is 11.1 Å². The molecular weight excluding hydrogens is 317 g/mol. The topological polar surface area (TPSA) is 82.3 Å². The van der Waals surface area contributed by atoms with Gasteiger partial charge in [0.15, 0.2) is 0 Å². The first-order valence-electron chi connectivity index (χ1n) is 6.66. The molecule has 0 aliphatic heterocycles. The van der Waals surface area contributed by atoms with E-state index < -0.39 is 25.6 Å². The van der Waals surface area contributed by atoms with Crippen molar-refractivity contribution >= 4 is 20.6 Å². The maximum atomic E-state index is 13.8. The Morgan fingerprint density at radius 1 is 1.13 bits per heavy atom. The van der Waals surface area contributed by atoms with E-state index in [-0.39, 0.29) is 0 Å². The predicted octanol–water partition coefficient (Wildman–Crippen LogP) is 3.17. The number of rotatable bonds is 3. The highest BCUT2D eigenvalue weighted by molar-refractivity contribution is 8.07. The summed E-state index contributed by atoms with van der Waals surface area (Å²) in [6.45, 7) is 3.53. The number of nitriles is 1. The van der Waals surface area contributed by atoms with Gasteiger partial charge in [-0.2, -0.15) is 10.4 Å². The molecular formula is C16H14FN3O2S. The fourth-order valence-corrected chi connectivity index (χ4v) is 2.97. The summed E-state index contributed by atoms with van der Waals surface area (Å²) in [7, 11) is -4.33. The number of aryl methyl sites for hydroxylation is 2. The van der Waals surface area contributed by atoms with Crippen LogP contribution in [0.2, 0.25) is 0 Å². The maximum Gasteiger partial charge on any atom is 0.256 e. The van der Waals surface area contributed by atoms with Gasteiger partial charge in [0.1, 0.15) is 16.8 Å². The zero-order valence-corrected chi connectivity index (χ0v) is 13.4. The first-order chi connectivity index (χ1) is 10.8. The van der Waals surface area contributed by atoms with E-state index in [1.807, 2.05) is 6.92 Å². The summed E-state index contributed by atoms with van der Waals surface area (Å²) in [6, 6.07) is 12.1. The number of hydrogen-bond acceptors (Lipinski definition) is 5. The molecule has 0 spiro atoms. The highest BCUT2D eigenvalue weighted by Gasteiger charge is 2.26. The third-order valence-electron chi connectivity index (χ3n) is 3.06. The third-order valence-corrected chi connectivity index (χ3v) is 4.65. The molecule has 0 aliphatic carbocycles. The monoisotopic (exact) mass is 331 g/mol. The van der Waals surface area contributed by atoms with Crippen molar-refractivity contribution in [2.24, 2.45) is 5.10 Å². The van der Waals surface area contributed by atoms with Crippen LogP contribution in [0.15, 0.2) is 52.5 Å². The molecule has 2 aromatic rings. The molecule has 0 aliphatic rings. The Balaban J connectivity index is 2.39. The second-order valence-corrected chi connectivity index (χ2v) is 6.78. The summed E-state index contributed by atoms with van der Waals surface area (Å²) >= 11 is 0. The zero-order valence-electron chi connectivity index (χ0n) is 12.5. The zero-order chi connectivity index (χ0) is 17.0. The van der Waals surface area contributed by atoms with Crippen molar-refractivity contribution in [3.05, 3.63) is 59.4 Å². The summed E-state index contributed by atoms with van der Waals surface area (Å²) < 4.78 is 38.6. The molecule has 23 heavy (non-hydrogen) atoms. The number of hydrogen-bond donors (Lipinski definition) is 1. The smallest absolute Gasteiger partial charge is 0.256 e. The summed E-state index contributed by atoms with van der Waals surface area (Å²) in [5, 5.41) is 11.9. The molecule has 2 aromatic carbocycles. The van der Waals surface area contributed by atoms with Crippen LogP contribution in [0.25, 0.3) is 0 Å². The number of halogens is 1. The fourth-order valence-electron chi connectivity index (χ4n) is 1.81.